The zero-order valence-corrected chi connectivity index (χ0v) is 12.2. The molecule has 2 N–H and O–H groups in total. The highest BCUT2D eigenvalue weighted by atomic mass is 35.5. The molecule has 0 saturated heterocycles. The minimum Gasteiger partial charge on any atom is -0.364 e. The van der Waals surface area contributed by atoms with Crippen LogP contribution in [0, 0.1) is 10.1 Å². The van der Waals surface area contributed by atoms with Crippen LogP contribution in [-0.2, 0) is 4.79 Å². The molecule has 110 valence electrons. The fourth-order valence-corrected chi connectivity index (χ4v) is 1.63. The number of nitro groups is 1. The van der Waals surface area contributed by atoms with Crippen molar-refractivity contribution in [2.24, 2.45) is 0 Å². The lowest BCUT2D eigenvalue weighted by molar-refractivity contribution is -0.384. The third-order valence-electron chi connectivity index (χ3n) is 2.12. The van der Waals surface area contributed by atoms with E-state index in [0.717, 1.165) is 6.33 Å². The van der Waals surface area contributed by atoms with Gasteiger partial charge < -0.3 is 10.6 Å². The average Bonchev–Trinajstić information content (AvgIpc) is 2.25. The van der Waals surface area contributed by atoms with E-state index < -0.39 is 10.6 Å². The SMILES string of the molecule is CC(C)(C)NC(=O)CCNc1ncnc(Cl)c1[N+](=O)[O-]. The summed E-state index contributed by atoms with van der Waals surface area (Å²) in [7, 11) is 0. The lowest BCUT2D eigenvalue weighted by Crippen LogP contribution is -2.41. The molecule has 0 aromatic carbocycles. The van der Waals surface area contributed by atoms with E-state index in [1.807, 2.05) is 20.8 Å². The van der Waals surface area contributed by atoms with Gasteiger partial charge in [-0.1, -0.05) is 11.6 Å². The maximum absolute atomic E-state index is 11.6. The summed E-state index contributed by atoms with van der Waals surface area (Å²) in [6.45, 7) is 5.81. The minimum atomic E-state index is -0.667. The van der Waals surface area contributed by atoms with Crippen LogP contribution in [0.4, 0.5) is 11.5 Å². The molecule has 0 saturated carbocycles. The van der Waals surface area contributed by atoms with Gasteiger partial charge in [-0.3, -0.25) is 14.9 Å². The summed E-state index contributed by atoms with van der Waals surface area (Å²) in [6.07, 6.45) is 1.28. The van der Waals surface area contributed by atoms with Gasteiger partial charge in [-0.05, 0) is 20.8 Å². The summed E-state index contributed by atoms with van der Waals surface area (Å²) in [5, 5.41) is 16.1. The minimum absolute atomic E-state index is 0.00133. The standard InChI is InChI=1S/C11H16ClN5O3/c1-11(2,3)16-7(18)4-5-13-10-8(17(19)20)9(12)14-6-15-10/h6H,4-5H2,1-3H3,(H,16,18)(H,13,14,15). The van der Waals surface area contributed by atoms with Crippen molar-refractivity contribution in [1.82, 2.24) is 15.3 Å². The van der Waals surface area contributed by atoms with E-state index in [1.54, 1.807) is 0 Å². The van der Waals surface area contributed by atoms with Crippen LogP contribution in [0.2, 0.25) is 5.15 Å². The number of anilines is 1. The van der Waals surface area contributed by atoms with Crippen molar-refractivity contribution in [1.29, 1.82) is 0 Å². The van der Waals surface area contributed by atoms with Gasteiger partial charge in [-0.15, -0.1) is 0 Å². The number of rotatable bonds is 5. The largest absolute Gasteiger partial charge is 0.364 e. The first-order valence-electron chi connectivity index (χ1n) is 5.90. The first-order chi connectivity index (χ1) is 9.20. The molecule has 0 bridgehead atoms. The van der Waals surface area contributed by atoms with Gasteiger partial charge in [0.25, 0.3) is 0 Å². The van der Waals surface area contributed by atoms with Crippen molar-refractivity contribution in [3.05, 3.63) is 21.6 Å². The summed E-state index contributed by atoms with van der Waals surface area (Å²) in [4.78, 5) is 29.1. The van der Waals surface area contributed by atoms with Crippen LogP contribution in [-0.4, -0.2) is 32.9 Å². The number of aromatic nitrogens is 2. The maximum Gasteiger partial charge on any atom is 0.348 e. The molecule has 1 aromatic rings. The maximum atomic E-state index is 11.6. The Morgan fingerprint density at radius 2 is 2.10 bits per heavy atom. The van der Waals surface area contributed by atoms with Gasteiger partial charge in [0.1, 0.15) is 6.33 Å². The van der Waals surface area contributed by atoms with Gasteiger partial charge in [0.2, 0.25) is 16.9 Å². The van der Waals surface area contributed by atoms with Crippen molar-refractivity contribution in [3.8, 4) is 0 Å². The Bertz CT molecular complexity index is 515. The molecular weight excluding hydrogens is 286 g/mol. The van der Waals surface area contributed by atoms with E-state index in [-0.39, 0.29) is 35.4 Å². The highest BCUT2D eigenvalue weighted by Crippen LogP contribution is 2.27. The molecule has 0 aliphatic heterocycles. The molecule has 1 aromatic heterocycles. The van der Waals surface area contributed by atoms with Gasteiger partial charge in [0, 0.05) is 18.5 Å². The van der Waals surface area contributed by atoms with Gasteiger partial charge in [-0.2, -0.15) is 0 Å². The number of carbonyl (C=O) groups excluding carboxylic acids is 1. The number of amides is 1. The average molecular weight is 302 g/mol. The second kappa shape index (κ2) is 6.47. The van der Waals surface area contributed by atoms with E-state index in [4.69, 9.17) is 11.6 Å². The van der Waals surface area contributed by atoms with E-state index >= 15 is 0 Å². The molecule has 0 radical (unpaired) electrons. The molecule has 0 aliphatic rings. The summed E-state index contributed by atoms with van der Waals surface area (Å²) in [5.41, 5.74) is -0.716. The third kappa shape index (κ3) is 4.96. The fourth-order valence-electron chi connectivity index (χ4n) is 1.42. The zero-order chi connectivity index (χ0) is 15.3. The topological polar surface area (TPSA) is 110 Å². The van der Waals surface area contributed by atoms with Crippen LogP contribution >= 0.6 is 11.6 Å². The molecular formula is C11H16ClN5O3. The summed E-state index contributed by atoms with van der Waals surface area (Å²) in [6, 6.07) is 0. The van der Waals surface area contributed by atoms with Crippen molar-refractivity contribution < 1.29 is 9.72 Å². The Kier molecular flexibility index (Phi) is 5.20. The van der Waals surface area contributed by atoms with Gasteiger partial charge in [-0.25, -0.2) is 9.97 Å². The Hall–Kier alpha value is -1.96. The van der Waals surface area contributed by atoms with Crippen LogP contribution < -0.4 is 10.6 Å². The van der Waals surface area contributed by atoms with Crippen LogP contribution in [0.15, 0.2) is 6.33 Å². The lowest BCUT2D eigenvalue weighted by atomic mass is 10.1. The predicted octanol–water partition coefficient (Wildman–Crippen LogP) is 1.75. The zero-order valence-electron chi connectivity index (χ0n) is 11.4. The molecule has 0 aliphatic carbocycles. The molecule has 1 rings (SSSR count). The smallest absolute Gasteiger partial charge is 0.348 e. The summed E-state index contributed by atoms with van der Waals surface area (Å²) >= 11 is 5.64. The predicted molar refractivity (Wildman–Crippen MR) is 74.7 cm³/mol. The number of nitrogens with zero attached hydrogens (tertiary/aromatic N) is 3. The van der Waals surface area contributed by atoms with Crippen LogP contribution in [0.25, 0.3) is 0 Å². The normalized spacial score (nSPS) is 11.0. The first-order valence-corrected chi connectivity index (χ1v) is 6.28. The van der Waals surface area contributed by atoms with Crippen LogP contribution in [0.5, 0.6) is 0 Å². The summed E-state index contributed by atoms with van der Waals surface area (Å²) < 4.78 is 0. The molecule has 0 spiro atoms. The van der Waals surface area contributed by atoms with E-state index in [1.165, 1.54) is 0 Å². The van der Waals surface area contributed by atoms with E-state index in [0.29, 0.717) is 0 Å². The molecule has 20 heavy (non-hydrogen) atoms. The van der Waals surface area contributed by atoms with Crippen LogP contribution in [0.3, 0.4) is 0 Å². The molecule has 1 heterocycles. The Morgan fingerprint density at radius 3 is 2.65 bits per heavy atom. The van der Waals surface area contributed by atoms with Crippen molar-refractivity contribution in [2.75, 3.05) is 11.9 Å². The summed E-state index contributed by atoms with van der Waals surface area (Å²) in [5.74, 6) is -0.161. The molecule has 8 nitrogen and oxygen atoms in total. The second-order valence-electron chi connectivity index (χ2n) is 5.09. The van der Waals surface area contributed by atoms with Crippen LogP contribution in [0.1, 0.15) is 27.2 Å². The van der Waals surface area contributed by atoms with Crippen molar-refractivity contribution >= 4 is 29.0 Å². The highest BCUT2D eigenvalue weighted by Gasteiger charge is 2.21. The third-order valence-corrected chi connectivity index (χ3v) is 2.40. The molecule has 0 fully saturated rings. The monoisotopic (exact) mass is 301 g/mol. The number of hydrogen-bond donors (Lipinski definition) is 2. The van der Waals surface area contributed by atoms with E-state index in [2.05, 4.69) is 20.6 Å². The Morgan fingerprint density at radius 1 is 1.45 bits per heavy atom. The van der Waals surface area contributed by atoms with E-state index in [9.17, 15) is 14.9 Å². The van der Waals surface area contributed by atoms with Gasteiger partial charge >= 0.3 is 5.69 Å². The quantitative estimate of drug-likeness (QED) is 0.487. The second-order valence-corrected chi connectivity index (χ2v) is 5.45. The number of hydrogen-bond acceptors (Lipinski definition) is 6. The van der Waals surface area contributed by atoms with Crippen molar-refractivity contribution in [3.63, 3.8) is 0 Å². The first kappa shape index (κ1) is 16.1. The molecule has 1 amide bonds. The number of halogens is 1. The fraction of sp³-hybridized carbons (Fsp3) is 0.545. The van der Waals surface area contributed by atoms with Gasteiger partial charge in [0.15, 0.2) is 0 Å². The molecule has 0 atom stereocenters. The molecule has 0 unspecified atom stereocenters. The van der Waals surface area contributed by atoms with Crippen molar-refractivity contribution in [2.45, 2.75) is 32.7 Å². The lowest BCUT2D eigenvalue weighted by Gasteiger charge is -2.20. The van der Waals surface area contributed by atoms with Gasteiger partial charge in [0.05, 0.1) is 4.92 Å². The Labute approximate surface area is 121 Å². The molecule has 9 heteroatoms. The Balaban J connectivity index is 2.61. The number of nitrogens with one attached hydrogen (secondary N) is 2. The number of carbonyl (C=O) groups is 1. The highest BCUT2D eigenvalue weighted by molar-refractivity contribution is 6.31.